The number of urea groups is 1. The SMILES string of the molecule is COc1ncccc1-c1ccc(O)c(-c2nc3cc(C(=O)Nc4ccc(CCN5CCC6(CC5)NC(=O)N(C)C6=O)cc4)ccc3[nH]2)c1. The van der Waals surface area contributed by atoms with Crippen LogP contribution in [0.5, 0.6) is 11.6 Å². The molecule has 0 radical (unpaired) electrons. The highest BCUT2D eigenvalue weighted by molar-refractivity contribution is 6.07. The number of ether oxygens (including phenoxy) is 1. The van der Waals surface area contributed by atoms with E-state index in [0.29, 0.717) is 46.9 Å². The Morgan fingerprint density at radius 2 is 1.81 bits per heavy atom. The monoisotopic (exact) mass is 645 g/mol. The van der Waals surface area contributed by atoms with Crippen molar-refractivity contribution in [3.05, 3.63) is 90.1 Å². The Labute approximate surface area is 276 Å². The number of anilines is 1. The number of piperidine rings is 1. The van der Waals surface area contributed by atoms with Gasteiger partial charge < -0.3 is 30.4 Å². The summed E-state index contributed by atoms with van der Waals surface area (Å²) in [7, 11) is 3.09. The highest BCUT2D eigenvalue weighted by atomic mass is 16.5. The molecule has 5 aromatic rings. The largest absolute Gasteiger partial charge is 0.507 e. The first-order valence-corrected chi connectivity index (χ1v) is 15.8. The number of imidazole rings is 1. The minimum atomic E-state index is -0.753. The number of benzene rings is 3. The first-order valence-electron chi connectivity index (χ1n) is 15.8. The van der Waals surface area contributed by atoms with Crippen LogP contribution in [0.1, 0.15) is 28.8 Å². The summed E-state index contributed by atoms with van der Waals surface area (Å²) in [6.07, 6.45) is 3.70. The van der Waals surface area contributed by atoms with E-state index in [1.165, 1.54) is 11.9 Å². The molecule has 4 N–H and O–H groups in total. The fourth-order valence-corrected chi connectivity index (χ4v) is 6.44. The molecule has 4 amide bonds. The van der Waals surface area contributed by atoms with Crippen molar-refractivity contribution in [2.24, 2.45) is 0 Å². The lowest BCUT2D eigenvalue weighted by atomic mass is 9.87. The second-order valence-corrected chi connectivity index (χ2v) is 12.2. The van der Waals surface area contributed by atoms with Gasteiger partial charge in [0.25, 0.3) is 11.8 Å². The maximum absolute atomic E-state index is 13.2. The summed E-state index contributed by atoms with van der Waals surface area (Å²) < 4.78 is 5.41. The van der Waals surface area contributed by atoms with Crippen LogP contribution in [0.25, 0.3) is 33.5 Å². The minimum absolute atomic E-state index is 0.0648. The highest BCUT2D eigenvalue weighted by Crippen LogP contribution is 2.36. The molecule has 2 aromatic heterocycles. The van der Waals surface area contributed by atoms with Crippen LogP contribution in [-0.4, -0.2) is 87.0 Å². The molecule has 244 valence electrons. The van der Waals surface area contributed by atoms with Gasteiger partial charge in [0.2, 0.25) is 5.88 Å². The lowest BCUT2D eigenvalue weighted by Crippen LogP contribution is -2.55. The Morgan fingerprint density at radius 1 is 1.02 bits per heavy atom. The summed E-state index contributed by atoms with van der Waals surface area (Å²) in [4.78, 5) is 53.4. The molecular weight excluding hydrogens is 610 g/mol. The van der Waals surface area contributed by atoms with Crippen LogP contribution < -0.4 is 15.4 Å². The van der Waals surface area contributed by atoms with E-state index in [9.17, 15) is 19.5 Å². The van der Waals surface area contributed by atoms with Gasteiger partial charge in [0.1, 0.15) is 17.1 Å². The number of pyridine rings is 1. The molecule has 0 aliphatic carbocycles. The van der Waals surface area contributed by atoms with Crippen molar-refractivity contribution in [1.82, 2.24) is 30.1 Å². The first-order chi connectivity index (χ1) is 23.2. The molecule has 12 nitrogen and oxygen atoms in total. The second-order valence-electron chi connectivity index (χ2n) is 12.2. The lowest BCUT2D eigenvalue weighted by molar-refractivity contribution is -0.132. The van der Waals surface area contributed by atoms with Crippen LogP contribution in [0.4, 0.5) is 10.5 Å². The van der Waals surface area contributed by atoms with E-state index in [-0.39, 0.29) is 23.6 Å². The molecule has 4 heterocycles. The number of phenolic OH excluding ortho intramolecular Hbond substituents is 1. The zero-order valence-electron chi connectivity index (χ0n) is 26.6. The molecule has 2 saturated heterocycles. The summed E-state index contributed by atoms with van der Waals surface area (Å²) in [6.45, 7) is 2.32. The third-order valence-electron chi connectivity index (χ3n) is 9.28. The number of amides is 4. The predicted octanol–water partition coefficient (Wildman–Crippen LogP) is 4.82. The number of nitrogens with zero attached hydrogens (tertiary/aromatic N) is 4. The molecule has 48 heavy (non-hydrogen) atoms. The number of carbonyl (C=O) groups excluding carboxylic acids is 3. The van der Waals surface area contributed by atoms with Crippen LogP contribution in [0.15, 0.2) is 79.0 Å². The number of phenols is 1. The predicted molar refractivity (Wildman–Crippen MR) is 181 cm³/mol. The quantitative estimate of drug-likeness (QED) is 0.175. The molecule has 7 rings (SSSR count). The molecule has 2 aliphatic heterocycles. The van der Waals surface area contributed by atoms with E-state index in [0.717, 1.165) is 48.3 Å². The third-order valence-corrected chi connectivity index (χ3v) is 9.28. The van der Waals surface area contributed by atoms with Gasteiger partial charge in [-0.05, 0) is 85.0 Å². The molecular formula is C36H35N7O5. The molecule has 0 atom stereocenters. The van der Waals surface area contributed by atoms with Crippen molar-refractivity contribution in [1.29, 1.82) is 0 Å². The van der Waals surface area contributed by atoms with Gasteiger partial charge in [-0.3, -0.25) is 14.5 Å². The Morgan fingerprint density at radius 3 is 2.54 bits per heavy atom. The number of likely N-dealkylation sites (N-methyl/N-ethyl adjacent to an activating group) is 1. The molecule has 0 saturated carbocycles. The Hall–Kier alpha value is -5.75. The molecule has 3 aromatic carbocycles. The number of carbonyl (C=O) groups is 3. The number of aromatic nitrogens is 3. The summed E-state index contributed by atoms with van der Waals surface area (Å²) in [5.41, 5.74) is 4.94. The topological polar surface area (TPSA) is 153 Å². The maximum Gasteiger partial charge on any atom is 0.324 e. The van der Waals surface area contributed by atoms with Gasteiger partial charge in [0, 0.05) is 49.7 Å². The number of aromatic amines is 1. The van der Waals surface area contributed by atoms with E-state index in [1.807, 2.05) is 42.5 Å². The average Bonchev–Trinajstić information content (AvgIpc) is 3.63. The fourth-order valence-electron chi connectivity index (χ4n) is 6.44. The van der Waals surface area contributed by atoms with Gasteiger partial charge in [-0.25, -0.2) is 14.8 Å². The Bertz CT molecular complexity index is 2030. The molecule has 2 aliphatic rings. The summed E-state index contributed by atoms with van der Waals surface area (Å²) >= 11 is 0. The summed E-state index contributed by atoms with van der Waals surface area (Å²) in [5, 5.41) is 16.5. The summed E-state index contributed by atoms with van der Waals surface area (Å²) in [6, 6.07) is 21.6. The number of rotatable bonds is 8. The average molecular weight is 646 g/mol. The van der Waals surface area contributed by atoms with Gasteiger partial charge in [0.05, 0.1) is 23.7 Å². The number of hydrogen-bond donors (Lipinski definition) is 4. The second kappa shape index (κ2) is 12.5. The Balaban J connectivity index is 0.978. The van der Waals surface area contributed by atoms with E-state index in [2.05, 4.69) is 30.5 Å². The molecule has 1 spiro atoms. The van der Waals surface area contributed by atoms with Gasteiger partial charge in [-0.2, -0.15) is 0 Å². The fraction of sp³-hybridized carbons (Fsp3) is 0.250. The highest BCUT2D eigenvalue weighted by Gasteiger charge is 2.50. The van der Waals surface area contributed by atoms with Gasteiger partial charge in [-0.15, -0.1) is 0 Å². The van der Waals surface area contributed by atoms with Crippen molar-refractivity contribution in [3.8, 4) is 34.1 Å². The number of hydrogen-bond acceptors (Lipinski definition) is 8. The number of imide groups is 1. The maximum atomic E-state index is 13.2. The van der Waals surface area contributed by atoms with Gasteiger partial charge in [-0.1, -0.05) is 18.2 Å². The Kier molecular flexibility index (Phi) is 8.01. The van der Waals surface area contributed by atoms with Crippen molar-refractivity contribution in [3.63, 3.8) is 0 Å². The third kappa shape index (κ3) is 5.82. The minimum Gasteiger partial charge on any atom is -0.507 e. The van der Waals surface area contributed by atoms with Crippen molar-refractivity contribution < 1.29 is 24.2 Å². The molecule has 12 heteroatoms. The number of nitrogens with one attached hydrogen (secondary N) is 3. The van der Waals surface area contributed by atoms with Crippen LogP contribution in [0.3, 0.4) is 0 Å². The number of likely N-dealkylation sites (tertiary alicyclic amines) is 1. The zero-order chi connectivity index (χ0) is 33.4. The van der Waals surface area contributed by atoms with Gasteiger partial charge in [0.15, 0.2) is 0 Å². The van der Waals surface area contributed by atoms with Crippen LogP contribution in [0.2, 0.25) is 0 Å². The number of aromatic hydroxyl groups is 1. The molecule has 0 bridgehead atoms. The smallest absolute Gasteiger partial charge is 0.324 e. The molecule has 0 unspecified atom stereocenters. The first kappa shape index (κ1) is 30.9. The zero-order valence-corrected chi connectivity index (χ0v) is 26.6. The van der Waals surface area contributed by atoms with Crippen molar-refractivity contribution >= 4 is 34.6 Å². The number of H-pyrrole nitrogens is 1. The van der Waals surface area contributed by atoms with Crippen molar-refractivity contribution in [2.75, 3.05) is 39.1 Å². The number of fused-ring (bicyclic) bond motifs is 1. The van der Waals surface area contributed by atoms with Gasteiger partial charge >= 0.3 is 6.03 Å². The molecule has 2 fully saturated rings. The van der Waals surface area contributed by atoms with Crippen LogP contribution in [-0.2, 0) is 11.2 Å². The normalized spacial score (nSPS) is 16.0. The van der Waals surface area contributed by atoms with E-state index < -0.39 is 5.54 Å². The standard InChI is InChI=1S/C36H35N7O5/c1-42-34(46)36(41-35(42)47)14-18-43(19-15-36)17-13-22-5-9-25(10-6-22)38-32(45)24-7-11-28-29(21-24)40-31(39-28)27-20-23(8-12-30(27)44)26-4-3-16-37-33(26)48-2/h3-12,16,20-21,44H,13-15,17-19H2,1-2H3,(H,38,45)(H,39,40)(H,41,47). The lowest BCUT2D eigenvalue weighted by Gasteiger charge is -2.37. The number of methoxy groups -OCH3 is 1. The van der Waals surface area contributed by atoms with E-state index in [1.54, 1.807) is 43.6 Å². The van der Waals surface area contributed by atoms with Crippen LogP contribution in [0, 0.1) is 0 Å². The van der Waals surface area contributed by atoms with E-state index >= 15 is 0 Å². The van der Waals surface area contributed by atoms with Crippen LogP contribution >= 0.6 is 0 Å². The summed E-state index contributed by atoms with van der Waals surface area (Å²) in [5.74, 6) is 0.614. The van der Waals surface area contributed by atoms with E-state index in [4.69, 9.17) is 4.74 Å². The van der Waals surface area contributed by atoms with Crippen molar-refractivity contribution in [2.45, 2.75) is 24.8 Å².